The van der Waals surface area contributed by atoms with Crippen molar-refractivity contribution in [3.05, 3.63) is 28.3 Å². The third-order valence-electron chi connectivity index (χ3n) is 4.75. The molecule has 0 unspecified atom stereocenters. The van der Waals surface area contributed by atoms with Crippen LogP contribution in [0.1, 0.15) is 19.8 Å². The lowest BCUT2D eigenvalue weighted by Gasteiger charge is -2.30. The zero-order valence-corrected chi connectivity index (χ0v) is 15.1. The van der Waals surface area contributed by atoms with Gasteiger partial charge < -0.3 is 9.64 Å². The van der Waals surface area contributed by atoms with E-state index < -0.39 is 14.9 Å². The number of nitro groups is 1. The monoisotopic (exact) mass is 369 g/mol. The standard InChI is InChI=1S/C16H23N3O5S/c1-13-3-2-6-18(12-13)25(22,23)14-4-5-15(16(11-14)19(20)21)17-7-9-24-10-8-17/h4-5,11,13H,2-3,6-10,12H2,1H3/t13-/m0/s1. The molecular formula is C16H23N3O5S. The summed E-state index contributed by atoms with van der Waals surface area (Å²) in [6.07, 6.45) is 1.82. The number of benzene rings is 1. The van der Waals surface area contributed by atoms with Crippen molar-refractivity contribution in [1.29, 1.82) is 0 Å². The summed E-state index contributed by atoms with van der Waals surface area (Å²) in [5, 5.41) is 11.5. The molecule has 1 aromatic carbocycles. The summed E-state index contributed by atoms with van der Waals surface area (Å²) in [6.45, 7) is 5.05. The number of anilines is 1. The summed E-state index contributed by atoms with van der Waals surface area (Å²) in [5.41, 5.74) is 0.271. The highest BCUT2D eigenvalue weighted by atomic mass is 32.2. The molecule has 0 aromatic heterocycles. The van der Waals surface area contributed by atoms with E-state index in [1.165, 1.54) is 16.4 Å². The molecule has 9 heteroatoms. The van der Waals surface area contributed by atoms with E-state index in [0.717, 1.165) is 12.8 Å². The number of rotatable bonds is 4. The van der Waals surface area contributed by atoms with Crippen molar-refractivity contribution < 1.29 is 18.1 Å². The average molecular weight is 369 g/mol. The Hall–Kier alpha value is -1.71. The Labute approximate surface area is 147 Å². The van der Waals surface area contributed by atoms with Gasteiger partial charge in [0.25, 0.3) is 5.69 Å². The second-order valence-corrected chi connectivity index (χ2v) is 8.56. The molecule has 138 valence electrons. The summed E-state index contributed by atoms with van der Waals surface area (Å²) in [6, 6.07) is 4.22. The maximum absolute atomic E-state index is 12.9. The predicted molar refractivity (Wildman–Crippen MR) is 93.3 cm³/mol. The molecule has 0 radical (unpaired) electrons. The van der Waals surface area contributed by atoms with E-state index in [-0.39, 0.29) is 10.6 Å². The third-order valence-corrected chi connectivity index (χ3v) is 6.61. The third kappa shape index (κ3) is 3.78. The fraction of sp³-hybridized carbons (Fsp3) is 0.625. The maximum Gasteiger partial charge on any atom is 0.293 e. The Kier molecular flexibility index (Phi) is 5.26. The van der Waals surface area contributed by atoms with E-state index in [1.54, 1.807) is 6.07 Å². The van der Waals surface area contributed by atoms with E-state index in [4.69, 9.17) is 4.74 Å². The summed E-state index contributed by atoms with van der Waals surface area (Å²) in [4.78, 5) is 12.9. The van der Waals surface area contributed by atoms with Gasteiger partial charge in [0.2, 0.25) is 10.0 Å². The predicted octanol–water partition coefficient (Wildman–Crippen LogP) is 1.85. The zero-order valence-electron chi connectivity index (χ0n) is 14.3. The second kappa shape index (κ2) is 7.27. The molecule has 0 amide bonds. The van der Waals surface area contributed by atoms with Crippen LogP contribution in [0.25, 0.3) is 0 Å². The van der Waals surface area contributed by atoms with Crippen LogP contribution in [-0.4, -0.2) is 57.0 Å². The highest BCUT2D eigenvalue weighted by Crippen LogP contribution is 2.33. The van der Waals surface area contributed by atoms with Gasteiger partial charge in [-0.05, 0) is 30.9 Å². The second-order valence-electron chi connectivity index (χ2n) is 6.62. The molecule has 2 saturated heterocycles. The largest absolute Gasteiger partial charge is 0.378 e. The van der Waals surface area contributed by atoms with Gasteiger partial charge in [0.05, 0.1) is 23.0 Å². The van der Waals surface area contributed by atoms with Gasteiger partial charge in [-0.25, -0.2) is 8.42 Å². The first-order chi connectivity index (χ1) is 11.9. The topological polar surface area (TPSA) is 93.0 Å². The highest BCUT2D eigenvalue weighted by molar-refractivity contribution is 7.89. The SMILES string of the molecule is C[C@H]1CCCN(S(=O)(=O)c2ccc(N3CCOCC3)c([N+](=O)[O-])c2)C1. The van der Waals surface area contributed by atoms with E-state index in [2.05, 4.69) is 0 Å². The fourth-order valence-corrected chi connectivity index (χ4v) is 5.01. The number of hydrogen-bond acceptors (Lipinski definition) is 6. The minimum Gasteiger partial charge on any atom is -0.378 e. The smallest absolute Gasteiger partial charge is 0.293 e. The molecule has 0 spiro atoms. The van der Waals surface area contributed by atoms with Crippen LogP contribution in [0.3, 0.4) is 0 Å². The summed E-state index contributed by atoms with van der Waals surface area (Å²) < 4.78 is 32.4. The Balaban J connectivity index is 1.94. The molecule has 1 aromatic rings. The molecule has 8 nitrogen and oxygen atoms in total. The molecule has 25 heavy (non-hydrogen) atoms. The van der Waals surface area contributed by atoms with Crippen LogP contribution in [0.5, 0.6) is 0 Å². The molecule has 3 rings (SSSR count). The van der Waals surface area contributed by atoms with Gasteiger partial charge in [0.1, 0.15) is 5.69 Å². The van der Waals surface area contributed by atoms with Gasteiger partial charge >= 0.3 is 0 Å². The summed E-state index contributed by atoms with van der Waals surface area (Å²) >= 11 is 0. The fourth-order valence-electron chi connectivity index (χ4n) is 3.40. The van der Waals surface area contributed by atoms with E-state index in [9.17, 15) is 18.5 Å². The summed E-state index contributed by atoms with van der Waals surface area (Å²) in [5.74, 6) is 0.297. The molecule has 2 aliphatic heterocycles. The normalized spacial score (nSPS) is 22.8. The van der Waals surface area contributed by atoms with Gasteiger partial charge in [-0.1, -0.05) is 6.92 Å². The first-order valence-corrected chi connectivity index (χ1v) is 9.95. The number of piperidine rings is 1. The molecule has 0 N–H and O–H groups in total. The average Bonchev–Trinajstić information content (AvgIpc) is 2.62. The number of nitrogens with zero attached hydrogens (tertiary/aromatic N) is 3. The Bertz CT molecular complexity index is 746. The van der Waals surface area contributed by atoms with Crippen LogP contribution in [0.4, 0.5) is 11.4 Å². The van der Waals surface area contributed by atoms with Crippen molar-refractivity contribution >= 4 is 21.4 Å². The number of nitro benzene ring substituents is 1. The number of ether oxygens (including phenoxy) is 1. The minimum absolute atomic E-state index is 0.00897. The van der Waals surface area contributed by atoms with Gasteiger partial charge in [-0.3, -0.25) is 10.1 Å². The maximum atomic E-state index is 12.9. The molecular weight excluding hydrogens is 346 g/mol. The van der Waals surface area contributed by atoms with Crippen molar-refractivity contribution in [1.82, 2.24) is 4.31 Å². The van der Waals surface area contributed by atoms with Crippen LogP contribution in [-0.2, 0) is 14.8 Å². The van der Waals surface area contributed by atoms with Crippen LogP contribution in [0.2, 0.25) is 0 Å². The molecule has 2 aliphatic rings. The molecule has 0 saturated carbocycles. The Morgan fingerprint density at radius 2 is 1.96 bits per heavy atom. The molecule has 2 fully saturated rings. The first kappa shape index (κ1) is 18.1. The van der Waals surface area contributed by atoms with Gasteiger partial charge in [0.15, 0.2) is 0 Å². The van der Waals surface area contributed by atoms with E-state index >= 15 is 0 Å². The van der Waals surface area contributed by atoms with Crippen molar-refractivity contribution in [2.24, 2.45) is 5.92 Å². The Morgan fingerprint density at radius 1 is 1.24 bits per heavy atom. The van der Waals surface area contributed by atoms with Crippen molar-refractivity contribution in [3.63, 3.8) is 0 Å². The minimum atomic E-state index is -3.71. The number of sulfonamides is 1. The molecule has 0 aliphatic carbocycles. The van der Waals surface area contributed by atoms with Crippen LogP contribution in [0.15, 0.2) is 23.1 Å². The zero-order chi connectivity index (χ0) is 18.0. The molecule has 0 bridgehead atoms. The molecule has 1 atom stereocenters. The number of hydrogen-bond donors (Lipinski definition) is 0. The van der Waals surface area contributed by atoms with E-state index in [1.807, 2.05) is 11.8 Å². The van der Waals surface area contributed by atoms with Gasteiger partial charge in [-0.15, -0.1) is 0 Å². The lowest BCUT2D eigenvalue weighted by atomic mass is 10.0. The van der Waals surface area contributed by atoms with Crippen molar-refractivity contribution in [2.75, 3.05) is 44.3 Å². The number of morpholine rings is 1. The lowest BCUT2D eigenvalue weighted by molar-refractivity contribution is -0.384. The lowest BCUT2D eigenvalue weighted by Crippen LogP contribution is -2.39. The Morgan fingerprint density at radius 3 is 2.60 bits per heavy atom. The summed E-state index contributed by atoms with van der Waals surface area (Å²) in [7, 11) is -3.71. The van der Waals surface area contributed by atoms with Gasteiger partial charge in [0, 0.05) is 32.2 Å². The first-order valence-electron chi connectivity index (χ1n) is 8.51. The molecule has 2 heterocycles. The van der Waals surface area contributed by atoms with Crippen LogP contribution >= 0.6 is 0 Å². The van der Waals surface area contributed by atoms with E-state index in [0.29, 0.717) is 51.0 Å². The van der Waals surface area contributed by atoms with Crippen LogP contribution in [0, 0.1) is 16.0 Å². The van der Waals surface area contributed by atoms with Crippen LogP contribution < -0.4 is 4.90 Å². The van der Waals surface area contributed by atoms with Crippen molar-refractivity contribution in [3.8, 4) is 0 Å². The quantitative estimate of drug-likeness (QED) is 0.594. The van der Waals surface area contributed by atoms with Gasteiger partial charge in [-0.2, -0.15) is 4.31 Å². The van der Waals surface area contributed by atoms with Crippen molar-refractivity contribution in [2.45, 2.75) is 24.7 Å². The highest BCUT2D eigenvalue weighted by Gasteiger charge is 2.31.